The third-order valence-electron chi connectivity index (χ3n) is 3.88. The molecule has 1 aromatic heterocycles. The molecule has 2 rings (SSSR count). The second-order valence-corrected chi connectivity index (χ2v) is 5.27. The van der Waals surface area contributed by atoms with Crippen molar-refractivity contribution in [1.29, 1.82) is 0 Å². The Labute approximate surface area is 116 Å². The van der Waals surface area contributed by atoms with Gasteiger partial charge in [-0.05, 0) is 19.4 Å². The van der Waals surface area contributed by atoms with Crippen LogP contribution < -0.4 is 5.32 Å². The van der Waals surface area contributed by atoms with E-state index in [4.69, 9.17) is 4.74 Å². The third kappa shape index (κ3) is 4.30. The molecule has 2 heterocycles. The number of nitrogens with one attached hydrogen (secondary N) is 1. The van der Waals surface area contributed by atoms with Gasteiger partial charge in [0.1, 0.15) is 5.82 Å². The summed E-state index contributed by atoms with van der Waals surface area (Å²) >= 11 is 0. The normalized spacial score (nSPS) is 20.8. The minimum Gasteiger partial charge on any atom is -0.383 e. The Hall–Kier alpha value is -0.910. The summed E-state index contributed by atoms with van der Waals surface area (Å²) in [4.78, 5) is 7.00. The van der Waals surface area contributed by atoms with Crippen molar-refractivity contribution in [3.63, 3.8) is 0 Å². The Kier molecular flexibility index (Phi) is 5.82. The zero-order valence-corrected chi connectivity index (χ0v) is 12.1. The van der Waals surface area contributed by atoms with Crippen LogP contribution in [0.5, 0.6) is 0 Å². The van der Waals surface area contributed by atoms with Crippen LogP contribution >= 0.6 is 0 Å². The van der Waals surface area contributed by atoms with Crippen molar-refractivity contribution in [2.45, 2.75) is 31.8 Å². The quantitative estimate of drug-likeness (QED) is 0.748. The predicted molar refractivity (Wildman–Crippen MR) is 76.0 cm³/mol. The number of methoxy groups -OCH3 is 1. The summed E-state index contributed by atoms with van der Waals surface area (Å²) in [6.45, 7) is 4.91. The lowest BCUT2D eigenvalue weighted by Crippen LogP contribution is -2.45. The molecule has 0 spiro atoms. The van der Waals surface area contributed by atoms with Gasteiger partial charge in [-0.2, -0.15) is 0 Å². The van der Waals surface area contributed by atoms with Gasteiger partial charge in [-0.1, -0.05) is 6.42 Å². The number of hydrogen-bond donors (Lipinski definition) is 1. The van der Waals surface area contributed by atoms with Crippen LogP contribution in [0.2, 0.25) is 0 Å². The summed E-state index contributed by atoms with van der Waals surface area (Å²) in [7, 11) is 3.81. The summed E-state index contributed by atoms with van der Waals surface area (Å²) in [5.41, 5.74) is 0. The molecule has 0 saturated carbocycles. The van der Waals surface area contributed by atoms with E-state index in [-0.39, 0.29) is 0 Å². The molecule has 1 N–H and O–H groups in total. The molecule has 1 aliphatic rings. The second kappa shape index (κ2) is 7.62. The number of aromatic nitrogens is 2. The first-order chi connectivity index (χ1) is 9.31. The topological polar surface area (TPSA) is 42.3 Å². The average Bonchev–Trinajstić information content (AvgIpc) is 2.82. The molecule has 5 heteroatoms. The van der Waals surface area contributed by atoms with E-state index < -0.39 is 0 Å². The Morgan fingerprint density at radius 1 is 1.47 bits per heavy atom. The molecule has 0 amide bonds. The van der Waals surface area contributed by atoms with Crippen molar-refractivity contribution in [2.24, 2.45) is 7.05 Å². The van der Waals surface area contributed by atoms with Crippen molar-refractivity contribution in [1.82, 2.24) is 19.8 Å². The maximum Gasteiger partial charge on any atom is 0.122 e. The number of aryl methyl sites for hydroxylation is 1. The van der Waals surface area contributed by atoms with E-state index >= 15 is 0 Å². The van der Waals surface area contributed by atoms with Crippen LogP contribution in [-0.4, -0.2) is 53.8 Å². The van der Waals surface area contributed by atoms with Crippen LogP contribution in [0.4, 0.5) is 0 Å². The number of nitrogens with zero attached hydrogens (tertiary/aromatic N) is 3. The first-order valence-corrected chi connectivity index (χ1v) is 7.21. The van der Waals surface area contributed by atoms with Gasteiger partial charge in [0.05, 0.1) is 13.2 Å². The Morgan fingerprint density at radius 2 is 2.37 bits per heavy atom. The van der Waals surface area contributed by atoms with E-state index in [1.807, 2.05) is 12.4 Å². The number of imidazole rings is 1. The highest BCUT2D eigenvalue weighted by molar-refractivity contribution is 4.93. The fraction of sp³-hybridized carbons (Fsp3) is 0.786. The molecule has 0 aliphatic carbocycles. The lowest BCUT2D eigenvalue weighted by Gasteiger charge is -2.35. The monoisotopic (exact) mass is 266 g/mol. The van der Waals surface area contributed by atoms with Gasteiger partial charge in [0, 0.05) is 45.7 Å². The standard InChI is InChI=1S/C14H26N4O/c1-17-9-6-16-14(17)12-18-8-4-3-5-13(18)11-15-7-10-19-2/h6,9,13,15H,3-5,7-8,10-12H2,1-2H3. The maximum absolute atomic E-state index is 5.07. The van der Waals surface area contributed by atoms with Gasteiger partial charge in [-0.15, -0.1) is 0 Å². The maximum atomic E-state index is 5.07. The van der Waals surface area contributed by atoms with E-state index in [1.54, 1.807) is 7.11 Å². The molecule has 5 nitrogen and oxygen atoms in total. The van der Waals surface area contributed by atoms with Crippen molar-refractivity contribution >= 4 is 0 Å². The van der Waals surface area contributed by atoms with Crippen LogP contribution in [0.1, 0.15) is 25.1 Å². The molecule has 1 atom stereocenters. The Balaban J connectivity index is 1.83. The van der Waals surface area contributed by atoms with Gasteiger partial charge < -0.3 is 14.6 Å². The number of rotatable bonds is 7. The fourth-order valence-corrected chi connectivity index (χ4v) is 2.67. The van der Waals surface area contributed by atoms with Gasteiger partial charge in [-0.3, -0.25) is 4.90 Å². The van der Waals surface area contributed by atoms with Crippen molar-refractivity contribution in [3.05, 3.63) is 18.2 Å². The summed E-state index contributed by atoms with van der Waals surface area (Å²) in [5.74, 6) is 1.16. The molecule has 1 unspecified atom stereocenters. The first kappa shape index (κ1) is 14.5. The van der Waals surface area contributed by atoms with Gasteiger partial charge in [0.25, 0.3) is 0 Å². The smallest absolute Gasteiger partial charge is 0.122 e. The lowest BCUT2D eigenvalue weighted by atomic mass is 10.0. The summed E-state index contributed by atoms with van der Waals surface area (Å²) in [6.07, 6.45) is 7.83. The largest absolute Gasteiger partial charge is 0.383 e. The Bertz CT molecular complexity index is 366. The van der Waals surface area contributed by atoms with Gasteiger partial charge in [0.2, 0.25) is 0 Å². The second-order valence-electron chi connectivity index (χ2n) is 5.27. The van der Waals surface area contributed by atoms with Crippen molar-refractivity contribution < 1.29 is 4.74 Å². The van der Waals surface area contributed by atoms with E-state index in [9.17, 15) is 0 Å². The van der Waals surface area contributed by atoms with Crippen molar-refractivity contribution in [3.8, 4) is 0 Å². The minimum atomic E-state index is 0.627. The molecular formula is C14H26N4O. The molecule has 19 heavy (non-hydrogen) atoms. The third-order valence-corrected chi connectivity index (χ3v) is 3.88. The van der Waals surface area contributed by atoms with E-state index in [2.05, 4.69) is 26.8 Å². The molecule has 0 radical (unpaired) electrons. The Morgan fingerprint density at radius 3 is 3.11 bits per heavy atom. The van der Waals surface area contributed by atoms with Crippen LogP contribution in [0.15, 0.2) is 12.4 Å². The highest BCUT2D eigenvalue weighted by Crippen LogP contribution is 2.18. The van der Waals surface area contributed by atoms with E-state index in [1.165, 1.54) is 25.8 Å². The van der Waals surface area contributed by atoms with Crippen LogP contribution in [0, 0.1) is 0 Å². The SMILES string of the molecule is COCCNCC1CCCCN1Cc1nccn1C. The molecule has 108 valence electrons. The lowest BCUT2D eigenvalue weighted by molar-refractivity contribution is 0.129. The summed E-state index contributed by atoms with van der Waals surface area (Å²) in [6, 6.07) is 0.627. The average molecular weight is 266 g/mol. The van der Waals surface area contributed by atoms with Gasteiger partial charge in [0.15, 0.2) is 0 Å². The number of likely N-dealkylation sites (tertiary alicyclic amines) is 1. The van der Waals surface area contributed by atoms with Crippen molar-refractivity contribution in [2.75, 3.05) is 33.4 Å². The molecule has 1 saturated heterocycles. The summed E-state index contributed by atoms with van der Waals surface area (Å²) < 4.78 is 7.18. The van der Waals surface area contributed by atoms with Crippen LogP contribution in [0.25, 0.3) is 0 Å². The minimum absolute atomic E-state index is 0.627. The van der Waals surface area contributed by atoms with Crippen LogP contribution in [0.3, 0.4) is 0 Å². The molecular weight excluding hydrogens is 240 g/mol. The van der Waals surface area contributed by atoms with Gasteiger partial charge in [-0.25, -0.2) is 4.98 Å². The molecule has 0 bridgehead atoms. The molecule has 1 aliphatic heterocycles. The number of hydrogen-bond acceptors (Lipinski definition) is 4. The van der Waals surface area contributed by atoms with Crippen LogP contribution in [-0.2, 0) is 18.3 Å². The molecule has 0 aromatic carbocycles. The molecule has 1 fully saturated rings. The summed E-state index contributed by atoms with van der Waals surface area (Å²) in [5, 5.41) is 3.49. The zero-order chi connectivity index (χ0) is 13.5. The van der Waals surface area contributed by atoms with E-state index in [0.29, 0.717) is 6.04 Å². The molecule has 1 aromatic rings. The number of piperidine rings is 1. The highest BCUT2D eigenvalue weighted by atomic mass is 16.5. The first-order valence-electron chi connectivity index (χ1n) is 7.21. The number of ether oxygens (including phenoxy) is 1. The predicted octanol–water partition coefficient (Wildman–Crippen LogP) is 1.01. The zero-order valence-electron chi connectivity index (χ0n) is 12.1. The van der Waals surface area contributed by atoms with E-state index in [0.717, 1.165) is 32.1 Å². The highest BCUT2D eigenvalue weighted by Gasteiger charge is 2.22. The van der Waals surface area contributed by atoms with Gasteiger partial charge >= 0.3 is 0 Å². The fourth-order valence-electron chi connectivity index (χ4n) is 2.67.